The van der Waals surface area contributed by atoms with Gasteiger partial charge in [-0.15, -0.1) is 0 Å². The van der Waals surface area contributed by atoms with Crippen LogP contribution in [0.3, 0.4) is 0 Å². The Bertz CT molecular complexity index is 771. The van der Waals surface area contributed by atoms with Gasteiger partial charge in [0.2, 0.25) is 0 Å². The minimum atomic E-state index is -0.462. The van der Waals surface area contributed by atoms with E-state index in [2.05, 4.69) is 9.97 Å². The molecule has 0 saturated heterocycles. The highest BCUT2D eigenvalue weighted by atomic mass is 35.5. The Labute approximate surface area is 126 Å². The van der Waals surface area contributed by atoms with Crippen LogP contribution < -0.4 is 5.73 Å². The van der Waals surface area contributed by atoms with E-state index in [0.29, 0.717) is 16.3 Å². The van der Waals surface area contributed by atoms with Gasteiger partial charge in [0, 0.05) is 10.6 Å². The van der Waals surface area contributed by atoms with E-state index < -0.39 is 6.04 Å². The van der Waals surface area contributed by atoms with E-state index in [4.69, 9.17) is 17.3 Å². The smallest absolute Gasteiger partial charge is 0.127 e. The van der Waals surface area contributed by atoms with Crippen molar-refractivity contribution >= 4 is 22.6 Å². The van der Waals surface area contributed by atoms with Crippen molar-refractivity contribution in [1.29, 1.82) is 0 Å². The molecule has 3 aromatic rings. The van der Waals surface area contributed by atoms with Crippen LogP contribution in [0.2, 0.25) is 5.02 Å². The molecule has 0 aliphatic carbocycles. The fraction of sp³-hybridized carbons (Fsp3) is 0.125. The molecule has 0 aliphatic heterocycles. The zero-order chi connectivity index (χ0) is 14.8. The van der Waals surface area contributed by atoms with Gasteiger partial charge in [0.05, 0.1) is 29.0 Å². The summed E-state index contributed by atoms with van der Waals surface area (Å²) in [6, 6.07) is 11.7. The van der Waals surface area contributed by atoms with Crippen LogP contribution in [0, 0.1) is 5.82 Å². The molecular formula is C16H13ClFN3. The molecule has 1 aromatic heterocycles. The number of rotatable bonds is 3. The van der Waals surface area contributed by atoms with Crippen LogP contribution in [0.25, 0.3) is 11.0 Å². The zero-order valence-electron chi connectivity index (χ0n) is 11.1. The Morgan fingerprint density at radius 3 is 2.62 bits per heavy atom. The van der Waals surface area contributed by atoms with Gasteiger partial charge in [0.15, 0.2) is 0 Å². The minimum absolute atomic E-state index is 0.276. The summed E-state index contributed by atoms with van der Waals surface area (Å²) in [6.45, 7) is 0. The van der Waals surface area contributed by atoms with E-state index in [9.17, 15) is 4.39 Å². The van der Waals surface area contributed by atoms with E-state index in [1.807, 2.05) is 24.3 Å². The molecule has 2 N–H and O–H groups in total. The molecule has 3 rings (SSSR count). The summed E-state index contributed by atoms with van der Waals surface area (Å²) in [7, 11) is 0. The van der Waals surface area contributed by atoms with Crippen LogP contribution in [-0.2, 0) is 6.42 Å². The van der Waals surface area contributed by atoms with Crippen molar-refractivity contribution < 1.29 is 4.39 Å². The van der Waals surface area contributed by atoms with Gasteiger partial charge < -0.3 is 5.73 Å². The largest absolute Gasteiger partial charge is 0.322 e. The lowest BCUT2D eigenvalue weighted by Crippen LogP contribution is -2.16. The fourth-order valence-electron chi connectivity index (χ4n) is 2.20. The molecule has 1 unspecified atom stereocenters. The number of benzene rings is 2. The number of halogens is 2. The van der Waals surface area contributed by atoms with E-state index >= 15 is 0 Å². The van der Waals surface area contributed by atoms with Gasteiger partial charge in [-0.2, -0.15) is 0 Å². The van der Waals surface area contributed by atoms with Crippen molar-refractivity contribution in [2.75, 3.05) is 0 Å². The highest BCUT2D eigenvalue weighted by Crippen LogP contribution is 2.24. The number of para-hydroxylation sites is 2. The quantitative estimate of drug-likeness (QED) is 0.803. The molecule has 0 bridgehead atoms. The minimum Gasteiger partial charge on any atom is -0.322 e. The summed E-state index contributed by atoms with van der Waals surface area (Å²) in [5.41, 5.74) is 8.72. The molecule has 0 radical (unpaired) electrons. The van der Waals surface area contributed by atoms with Gasteiger partial charge in [-0.25, -0.2) is 9.37 Å². The van der Waals surface area contributed by atoms with Gasteiger partial charge in [-0.3, -0.25) is 4.98 Å². The van der Waals surface area contributed by atoms with Crippen molar-refractivity contribution in [2.24, 2.45) is 5.73 Å². The first-order chi connectivity index (χ1) is 10.1. The second-order valence-corrected chi connectivity index (χ2v) is 5.20. The highest BCUT2D eigenvalue weighted by Gasteiger charge is 2.15. The van der Waals surface area contributed by atoms with Crippen molar-refractivity contribution in [3.05, 3.63) is 70.8 Å². The number of aromatic nitrogens is 2. The van der Waals surface area contributed by atoms with Crippen molar-refractivity contribution in [1.82, 2.24) is 9.97 Å². The summed E-state index contributed by atoms with van der Waals surface area (Å²) in [6.07, 6.45) is 1.90. The van der Waals surface area contributed by atoms with Crippen molar-refractivity contribution in [3.63, 3.8) is 0 Å². The van der Waals surface area contributed by atoms with E-state index in [-0.39, 0.29) is 12.2 Å². The van der Waals surface area contributed by atoms with E-state index in [1.54, 1.807) is 18.3 Å². The van der Waals surface area contributed by atoms with Crippen molar-refractivity contribution in [3.8, 4) is 0 Å². The molecule has 0 amide bonds. The molecule has 0 spiro atoms. The predicted molar refractivity (Wildman–Crippen MR) is 81.6 cm³/mol. The second kappa shape index (κ2) is 5.76. The molecule has 1 atom stereocenters. The Morgan fingerprint density at radius 2 is 1.86 bits per heavy atom. The zero-order valence-corrected chi connectivity index (χ0v) is 11.9. The van der Waals surface area contributed by atoms with E-state index in [0.717, 1.165) is 11.0 Å². The molecular weight excluding hydrogens is 289 g/mol. The first-order valence-corrected chi connectivity index (χ1v) is 6.93. The molecule has 106 valence electrons. The predicted octanol–water partition coefficient (Wildman–Crippen LogP) is 3.66. The fourth-order valence-corrected chi connectivity index (χ4v) is 2.44. The maximum atomic E-state index is 13.8. The molecule has 2 aromatic carbocycles. The molecule has 21 heavy (non-hydrogen) atoms. The summed E-state index contributed by atoms with van der Waals surface area (Å²) >= 11 is 6.02. The lowest BCUT2D eigenvalue weighted by Gasteiger charge is -2.13. The Hall–Kier alpha value is -2.04. The Morgan fingerprint density at radius 1 is 1.10 bits per heavy atom. The second-order valence-electron chi connectivity index (χ2n) is 4.79. The number of fused-ring (bicyclic) bond motifs is 1. The summed E-state index contributed by atoms with van der Waals surface area (Å²) in [5, 5.41) is 0.374. The molecule has 0 fully saturated rings. The van der Waals surface area contributed by atoms with Gasteiger partial charge in [-0.05, 0) is 30.7 Å². The molecule has 5 heteroatoms. The first kappa shape index (κ1) is 13.9. The number of nitrogens with two attached hydrogens (primary N) is 1. The van der Waals surface area contributed by atoms with Crippen molar-refractivity contribution in [2.45, 2.75) is 12.5 Å². The van der Waals surface area contributed by atoms with Gasteiger partial charge in [0.1, 0.15) is 5.82 Å². The summed E-state index contributed by atoms with van der Waals surface area (Å²) < 4.78 is 13.8. The summed E-state index contributed by atoms with van der Waals surface area (Å²) in [5.74, 6) is -0.355. The third-order valence-electron chi connectivity index (χ3n) is 3.33. The third-order valence-corrected chi connectivity index (χ3v) is 3.69. The monoisotopic (exact) mass is 301 g/mol. The topological polar surface area (TPSA) is 51.8 Å². The standard InChI is InChI=1S/C16H13ClFN3/c17-11-4-3-5-12(18)10(11)8-13(19)16-9-20-14-6-1-2-7-15(14)21-16/h1-7,9,13H,8,19H2. The molecule has 3 nitrogen and oxygen atoms in total. The van der Waals surface area contributed by atoms with Crippen LogP contribution in [-0.4, -0.2) is 9.97 Å². The van der Waals surface area contributed by atoms with Crippen LogP contribution >= 0.6 is 11.6 Å². The number of hydrogen-bond acceptors (Lipinski definition) is 3. The van der Waals surface area contributed by atoms with Crippen LogP contribution in [0.1, 0.15) is 17.3 Å². The van der Waals surface area contributed by atoms with Gasteiger partial charge >= 0.3 is 0 Å². The molecule has 1 heterocycles. The maximum absolute atomic E-state index is 13.8. The normalized spacial score (nSPS) is 12.5. The lowest BCUT2D eigenvalue weighted by atomic mass is 10.0. The number of hydrogen-bond donors (Lipinski definition) is 1. The van der Waals surface area contributed by atoms with Gasteiger partial charge in [0.25, 0.3) is 0 Å². The van der Waals surface area contributed by atoms with Crippen LogP contribution in [0.5, 0.6) is 0 Å². The average molecular weight is 302 g/mol. The molecule has 0 saturated carbocycles. The first-order valence-electron chi connectivity index (χ1n) is 6.55. The van der Waals surface area contributed by atoms with Crippen LogP contribution in [0.4, 0.5) is 4.39 Å². The maximum Gasteiger partial charge on any atom is 0.127 e. The Balaban J connectivity index is 1.91. The average Bonchev–Trinajstić information content (AvgIpc) is 2.50. The lowest BCUT2D eigenvalue weighted by molar-refractivity contribution is 0.590. The van der Waals surface area contributed by atoms with Gasteiger partial charge in [-0.1, -0.05) is 29.8 Å². The third kappa shape index (κ3) is 2.86. The summed E-state index contributed by atoms with van der Waals surface area (Å²) in [4.78, 5) is 8.80. The highest BCUT2D eigenvalue weighted by molar-refractivity contribution is 6.31. The van der Waals surface area contributed by atoms with E-state index in [1.165, 1.54) is 6.07 Å². The Kier molecular flexibility index (Phi) is 3.82. The molecule has 0 aliphatic rings. The SMILES string of the molecule is NC(Cc1c(F)cccc1Cl)c1cnc2ccccc2n1. The number of nitrogens with zero attached hydrogens (tertiary/aromatic N) is 2. The van der Waals surface area contributed by atoms with Crippen LogP contribution in [0.15, 0.2) is 48.7 Å².